The van der Waals surface area contributed by atoms with Crippen molar-refractivity contribution in [2.75, 3.05) is 32.1 Å². The van der Waals surface area contributed by atoms with Crippen LogP contribution in [0.15, 0.2) is 36.4 Å². The van der Waals surface area contributed by atoms with E-state index in [9.17, 15) is 9.59 Å². The molecule has 0 bridgehead atoms. The third-order valence-electron chi connectivity index (χ3n) is 7.12. The van der Waals surface area contributed by atoms with Crippen molar-refractivity contribution in [3.63, 3.8) is 0 Å². The number of benzene rings is 2. The summed E-state index contributed by atoms with van der Waals surface area (Å²) < 4.78 is 11.7. The van der Waals surface area contributed by atoms with Crippen LogP contribution >= 0.6 is 0 Å². The summed E-state index contributed by atoms with van der Waals surface area (Å²) in [6.45, 7) is 3.87. The van der Waals surface area contributed by atoms with E-state index in [2.05, 4.69) is 29.7 Å². The standard InChI is InChI=1S/C25H29N3O4/c1-16-19-13-21-22(32-12-11-31-21)14-20(19)25(9-3-4-10-25)15-28(16)24(30)27-18-7-5-17(6-8-18)23(29)26-2/h5-8,13-14,16H,3-4,9-12,15H2,1-2H3,(H,26,29)(H,27,30). The first-order valence-electron chi connectivity index (χ1n) is 11.3. The molecule has 32 heavy (non-hydrogen) atoms. The van der Waals surface area contributed by atoms with E-state index in [0.29, 0.717) is 31.0 Å². The van der Waals surface area contributed by atoms with Crippen molar-refractivity contribution in [1.82, 2.24) is 10.2 Å². The van der Waals surface area contributed by atoms with Crippen molar-refractivity contribution >= 4 is 17.6 Å². The van der Waals surface area contributed by atoms with Crippen molar-refractivity contribution in [3.8, 4) is 11.5 Å². The fourth-order valence-electron chi connectivity index (χ4n) is 5.40. The van der Waals surface area contributed by atoms with Gasteiger partial charge in [-0.3, -0.25) is 4.79 Å². The Morgan fingerprint density at radius 1 is 1.03 bits per heavy atom. The Balaban J connectivity index is 1.44. The molecule has 2 heterocycles. The van der Waals surface area contributed by atoms with Crippen LogP contribution in [0.5, 0.6) is 11.5 Å². The van der Waals surface area contributed by atoms with Gasteiger partial charge < -0.3 is 25.0 Å². The SMILES string of the molecule is CNC(=O)c1ccc(NC(=O)N2CC3(CCCC3)c3cc4c(cc3C2C)OCCO4)cc1. The van der Waals surface area contributed by atoms with Crippen LogP contribution in [0.2, 0.25) is 0 Å². The number of nitrogens with one attached hydrogen (secondary N) is 2. The van der Waals surface area contributed by atoms with Crippen LogP contribution in [0.25, 0.3) is 0 Å². The Bertz CT molecular complexity index is 1040. The minimum absolute atomic E-state index is 0.0436. The number of anilines is 1. The molecule has 2 aliphatic heterocycles. The molecular formula is C25H29N3O4. The number of fused-ring (bicyclic) bond motifs is 3. The number of urea groups is 1. The van der Waals surface area contributed by atoms with Gasteiger partial charge in [0.1, 0.15) is 13.2 Å². The van der Waals surface area contributed by atoms with E-state index in [1.807, 2.05) is 4.90 Å². The van der Waals surface area contributed by atoms with E-state index >= 15 is 0 Å². The molecule has 3 aliphatic rings. The smallest absolute Gasteiger partial charge is 0.322 e. The van der Waals surface area contributed by atoms with Crippen LogP contribution < -0.4 is 20.1 Å². The number of nitrogens with zero attached hydrogens (tertiary/aromatic N) is 1. The van der Waals surface area contributed by atoms with E-state index < -0.39 is 0 Å². The van der Waals surface area contributed by atoms with E-state index in [-0.39, 0.29) is 23.4 Å². The van der Waals surface area contributed by atoms with Crippen molar-refractivity contribution in [3.05, 3.63) is 53.1 Å². The van der Waals surface area contributed by atoms with Gasteiger partial charge in [0.25, 0.3) is 5.91 Å². The summed E-state index contributed by atoms with van der Waals surface area (Å²) >= 11 is 0. The number of amides is 3. The highest BCUT2D eigenvalue weighted by Crippen LogP contribution is 2.52. The van der Waals surface area contributed by atoms with Crippen LogP contribution in [0, 0.1) is 0 Å². The Hall–Kier alpha value is -3.22. The summed E-state index contributed by atoms with van der Waals surface area (Å²) in [7, 11) is 1.60. The molecule has 0 aromatic heterocycles. The van der Waals surface area contributed by atoms with E-state index in [1.54, 1.807) is 31.3 Å². The van der Waals surface area contributed by atoms with E-state index in [4.69, 9.17) is 9.47 Å². The third-order valence-corrected chi connectivity index (χ3v) is 7.12. The summed E-state index contributed by atoms with van der Waals surface area (Å²) in [5, 5.41) is 5.63. The molecule has 1 atom stereocenters. The molecule has 2 aromatic rings. The zero-order valence-corrected chi connectivity index (χ0v) is 18.6. The molecular weight excluding hydrogens is 406 g/mol. The number of rotatable bonds is 2. The van der Waals surface area contributed by atoms with Gasteiger partial charge in [-0.25, -0.2) is 4.79 Å². The average molecular weight is 436 g/mol. The Kier molecular flexibility index (Phi) is 5.19. The van der Waals surface area contributed by atoms with Crippen LogP contribution in [0.4, 0.5) is 10.5 Å². The van der Waals surface area contributed by atoms with Crippen molar-refractivity contribution < 1.29 is 19.1 Å². The molecule has 168 valence electrons. The molecule has 5 rings (SSSR count). The molecule has 1 spiro atoms. The van der Waals surface area contributed by atoms with Crippen molar-refractivity contribution in [2.45, 2.75) is 44.1 Å². The van der Waals surface area contributed by atoms with Gasteiger partial charge >= 0.3 is 6.03 Å². The first-order valence-corrected chi connectivity index (χ1v) is 11.3. The minimum atomic E-state index is -0.151. The maximum Gasteiger partial charge on any atom is 0.322 e. The molecule has 0 saturated heterocycles. The first-order chi connectivity index (χ1) is 15.5. The summed E-state index contributed by atoms with van der Waals surface area (Å²) in [4.78, 5) is 27.1. The third kappa shape index (κ3) is 3.45. The molecule has 1 aliphatic carbocycles. The maximum absolute atomic E-state index is 13.4. The molecule has 2 aromatic carbocycles. The monoisotopic (exact) mass is 435 g/mol. The van der Waals surface area contributed by atoms with E-state index in [1.165, 1.54) is 18.4 Å². The summed E-state index contributed by atoms with van der Waals surface area (Å²) in [6.07, 6.45) is 4.46. The minimum Gasteiger partial charge on any atom is -0.486 e. The van der Waals surface area contributed by atoms with Gasteiger partial charge in [0, 0.05) is 30.3 Å². The highest BCUT2D eigenvalue weighted by atomic mass is 16.6. The number of ether oxygens (including phenoxy) is 2. The molecule has 1 fully saturated rings. The highest BCUT2D eigenvalue weighted by molar-refractivity contribution is 5.95. The lowest BCUT2D eigenvalue weighted by Gasteiger charge is -2.46. The highest BCUT2D eigenvalue weighted by Gasteiger charge is 2.46. The first kappa shape index (κ1) is 20.7. The zero-order valence-electron chi connectivity index (χ0n) is 18.6. The number of carbonyl (C=O) groups excluding carboxylic acids is 2. The van der Waals surface area contributed by atoms with Gasteiger partial charge in [-0.15, -0.1) is 0 Å². The molecule has 1 saturated carbocycles. The average Bonchev–Trinajstić information content (AvgIpc) is 3.30. The largest absolute Gasteiger partial charge is 0.486 e. The second kappa shape index (κ2) is 8.04. The number of hydrogen-bond acceptors (Lipinski definition) is 4. The Labute approximate surface area is 188 Å². The predicted molar refractivity (Wildman–Crippen MR) is 122 cm³/mol. The van der Waals surface area contributed by atoms with Gasteiger partial charge in [0.15, 0.2) is 11.5 Å². The molecule has 7 nitrogen and oxygen atoms in total. The van der Waals surface area contributed by atoms with Gasteiger partial charge in [0.05, 0.1) is 6.04 Å². The second-order valence-corrected chi connectivity index (χ2v) is 8.96. The van der Waals surface area contributed by atoms with Crippen molar-refractivity contribution in [1.29, 1.82) is 0 Å². The summed E-state index contributed by atoms with van der Waals surface area (Å²) in [5.74, 6) is 1.44. The molecule has 7 heteroatoms. The van der Waals surface area contributed by atoms with Gasteiger partial charge in [-0.2, -0.15) is 0 Å². The topological polar surface area (TPSA) is 79.9 Å². The fraction of sp³-hybridized carbons (Fsp3) is 0.440. The fourth-order valence-corrected chi connectivity index (χ4v) is 5.40. The Morgan fingerprint density at radius 3 is 2.34 bits per heavy atom. The van der Waals surface area contributed by atoms with Crippen LogP contribution in [-0.2, 0) is 5.41 Å². The van der Waals surface area contributed by atoms with Crippen LogP contribution in [0.1, 0.15) is 60.1 Å². The quantitative estimate of drug-likeness (QED) is 0.740. The second-order valence-electron chi connectivity index (χ2n) is 8.96. The van der Waals surface area contributed by atoms with Crippen LogP contribution in [-0.4, -0.2) is 43.6 Å². The molecule has 2 N–H and O–H groups in total. The number of carbonyl (C=O) groups is 2. The summed E-state index contributed by atoms with van der Waals surface area (Å²) in [5.41, 5.74) is 3.64. The maximum atomic E-state index is 13.4. The lowest BCUT2D eigenvalue weighted by atomic mass is 9.71. The van der Waals surface area contributed by atoms with Crippen LogP contribution in [0.3, 0.4) is 0 Å². The van der Waals surface area contributed by atoms with E-state index in [0.717, 1.165) is 29.9 Å². The van der Waals surface area contributed by atoms with Gasteiger partial charge in [-0.1, -0.05) is 12.8 Å². The van der Waals surface area contributed by atoms with Crippen molar-refractivity contribution in [2.24, 2.45) is 0 Å². The molecule has 3 amide bonds. The lowest BCUT2D eigenvalue weighted by molar-refractivity contribution is 0.0963. The normalized spacial score (nSPS) is 20.6. The predicted octanol–water partition coefficient (Wildman–Crippen LogP) is 4.24. The Morgan fingerprint density at radius 2 is 1.69 bits per heavy atom. The lowest BCUT2D eigenvalue weighted by Crippen LogP contribution is -2.50. The molecule has 0 radical (unpaired) electrons. The summed E-state index contributed by atoms with van der Waals surface area (Å²) in [6, 6.07) is 11.0. The molecule has 1 unspecified atom stereocenters. The van der Waals surface area contributed by atoms with Gasteiger partial charge in [-0.05, 0) is 67.3 Å². The van der Waals surface area contributed by atoms with Gasteiger partial charge in [0.2, 0.25) is 0 Å². The number of hydrogen-bond donors (Lipinski definition) is 2. The zero-order chi connectivity index (χ0) is 22.3.